The van der Waals surface area contributed by atoms with Gasteiger partial charge in [0.15, 0.2) is 0 Å². The Kier molecular flexibility index (Phi) is 3.27. The number of aryl methyl sites for hydroxylation is 1. The highest BCUT2D eigenvalue weighted by molar-refractivity contribution is 5.52. The van der Waals surface area contributed by atoms with Crippen molar-refractivity contribution >= 4 is 11.4 Å². The van der Waals surface area contributed by atoms with Crippen molar-refractivity contribution < 1.29 is 9.31 Å². The summed E-state index contributed by atoms with van der Waals surface area (Å²) in [5, 5.41) is 13.5. The molecule has 1 N–H and O–H groups in total. The fourth-order valence-electron chi connectivity index (χ4n) is 1.63. The number of nitrogens with zero attached hydrogens (tertiary/aromatic N) is 2. The predicted octanol–water partition coefficient (Wildman–Crippen LogP) is 2.68. The van der Waals surface area contributed by atoms with Gasteiger partial charge >= 0.3 is 0 Å². The predicted molar refractivity (Wildman–Crippen MR) is 65.8 cm³/mol. The van der Waals surface area contributed by atoms with Crippen LogP contribution in [0.4, 0.5) is 15.8 Å². The highest BCUT2D eigenvalue weighted by Gasteiger charge is 2.10. The molecule has 1 aromatic carbocycles. The molecule has 0 saturated carbocycles. The van der Waals surface area contributed by atoms with E-state index < -0.39 is 10.7 Å². The van der Waals surface area contributed by atoms with Gasteiger partial charge in [0.2, 0.25) is 0 Å². The molecule has 1 aromatic heterocycles. The zero-order valence-corrected chi connectivity index (χ0v) is 9.76. The Labute approximate surface area is 103 Å². The summed E-state index contributed by atoms with van der Waals surface area (Å²) in [7, 11) is 1.88. The van der Waals surface area contributed by atoms with Crippen LogP contribution in [0.5, 0.6) is 0 Å². The van der Waals surface area contributed by atoms with Gasteiger partial charge in [-0.25, -0.2) is 4.39 Å². The number of hydrogen-bond acceptors (Lipinski definition) is 3. The van der Waals surface area contributed by atoms with Crippen molar-refractivity contribution in [2.24, 2.45) is 7.05 Å². The number of halogens is 1. The largest absolute Gasteiger partial charge is 0.377 e. The lowest BCUT2D eigenvalue weighted by molar-refractivity contribution is -0.384. The van der Waals surface area contributed by atoms with Crippen LogP contribution in [0.1, 0.15) is 5.69 Å². The van der Waals surface area contributed by atoms with E-state index in [2.05, 4.69) is 5.32 Å². The van der Waals surface area contributed by atoms with Crippen LogP contribution in [0.25, 0.3) is 0 Å². The Morgan fingerprint density at radius 3 is 2.83 bits per heavy atom. The summed E-state index contributed by atoms with van der Waals surface area (Å²) in [6.45, 7) is 0.404. The molecule has 0 aliphatic rings. The van der Waals surface area contributed by atoms with Crippen LogP contribution < -0.4 is 5.32 Å². The van der Waals surface area contributed by atoms with Gasteiger partial charge in [-0.3, -0.25) is 10.1 Å². The zero-order valence-electron chi connectivity index (χ0n) is 9.76. The van der Waals surface area contributed by atoms with Crippen LogP contribution in [-0.4, -0.2) is 9.49 Å². The number of non-ortho nitro benzene ring substituents is 1. The molecule has 2 rings (SSSR count). The molecule has 0 aliphatic heterocycles. The van der Waals surface area contributed by atoms with Crippen LogP contribution in [0.3, 0.4) is 0 Å². The minimum absolute atomic E-state index is 0.130. The van der Waals surface area contributed by atoms with Gasteiger partial charge in [-0.15, -0.1) is 0 Å². The van der Waals surface area contributed by atoms with Gasteiger partial charge in [0.25, 0.3) is 5.69 Å². The summed E-state index contributed by atoms with van der Waals surface area (Å²) in [5.74, 6) is -0.505. The average Bonchev–Trinajstić information content (AvgIpc) is 2.73. The maximum Gasteiger partial charge on any atom is 0.271 e. The molecule has 18 heavy (non-hydrogen) atoms. The van der Waals surface area contributed by atoms with Gasteiger partial charge in [0, 0.05) is 31.1 Å². The molecule has 0 amide bonds. The molecule has 0 spiro atoms. The van der Waals surface area contributed by atoms with Gasteiger partial charge in [0.05, 0.1) is 17.2 Å². The molecule has 0 aliphatic carbocycles. The van der Waals surface area contributed by atoms with E-state index in [1.54, 1.807) is 0 Å². The minimum Gasteiger partial charge on any atom is -0.377 e. The third-order valence-electron chi connectivity index (χ3n) is 2.67. The van der Waals surface area contributed by atoms with Crippen molar-refractivity contribution in [2.75, 3.05) is 5.32 Å². The molecule has 0 bridgehead atoms. The maximum atomic E-state index is 13.5. The van der Waals surface area contributed by atoms with E-state index in [1.807, 2.05) is 29.9 Å². The smallest absolute Gasteiger partial charge is 0.271 e. The highest BCUT2D eigenvalue weighted by atomic mass is 19.1. The fraction of sp³-hybridized carbons (Fsp3) is 0.167. The fourth-order valence-corrected chi connectivity index (χ4v) is 1.63. The zero-order chi connectivity index (χ0) is 13.1. The summed E-state index contributed by atoms with van der Waals surface area (Å²) in [6, 6.07) is 7.19. The van der Waals surface area contributed by atoms with Gasteiger partial charge in [-0.2, -0.15) is 0 Å². The first-order chi connectivity index (χ1) is 8.58. The van der Waals surface area contributed by atoms with Crippen molar-refractivity contribution in [3.63, 3.8) is 0 Å². The lowest BCUT2D eigenvalue weighted by Gasteiger charge is -2.08. The standard InChI is InChI=1S/C12H12FN3O2/c1-15-6-2-3-10(15)8-14-12-7-9(16(17)18)4-5-11(12)13/h2-7,14H,8H2,1H3. The van der Waals surface area contributed by atoms with E-state index in [0.29, 0.717) is 6.54 Å². The molecule has 0 atom stereocenters. The van der Waals surface area contributed by atoms with Gasteiger partial charge < -0.3 is 9.88 Å². The summed E-state index contributed by atoms with van der Waals surface area (Å²) < 4.78 is 15.4. The van der Waals surface area contributed by atoms with E-state index in [0.717, 1.165) is 17.8 Å². The first-order valence-electron chi connectivity index (χ1n) is 5.36. The van der Waals surface area contributed by atoms with Crippen LogP contribution in [0.15, 0.2) is 36.5 Å². The number of nitrogens with one attached hydrogen (secondary N) is 1. The van der Waals surface area contributed by atoms with Gasteiger partial charge in [-0.1, -0.05) is 0 Å². The summed E-state index contributed by atoms with van der Waals surface area (Å²) >= 11 is 0. The molecular weight excluding hydrogens is 237 g/mol. The van der Waals surface area contributed by atoms with Crippen molar-refractivity contribution in [3.8, 4) is 0 Å². The van der Waals surface area contributed by atoms with Crippen molar-refractivity contribution in [2.45, 2.75) is 6.54 Å². The molecule has 0 saturated heterocycles. The molecule has 6 heteroatoms. The van der Waals surface area contributed by atoms with Gasteiger partial charge in [0.1, 0.15) is 5.82 Å². The average molecular weight is 249 g/mol. The molecule has 94 valence electrons. The number of nitro benzene ring substituents is 1. The third kappa shape index (κ3) is 2.48. The van der Waals surface area contributed by atoms with E-state index in [-0.39, 0.29) is 11.4 Å². The van der Waals surface area contributed by atoms with Crippen LogP contribution in [-0.2, 0) is 13.6 Å². The third-order valence-corrected chi connectivity index (χ3v) is 2.67. The first-order valence-corrected chi connectivity index (χ1v) is 5.36. The number of benzene rings is 1. The Morgan fingerprint density at radius 2 is 2.22 bits per heavy atom. The molecule has 0 radical (unpaired) electrons. The van der Waals surface area contributed by atoms with Crippen molar-refractivity contribution in [1.29, 1.82) is 0 Å². The molecule has 1 heterocycles. The molecule has 5 nitrogen and oxygen atoms in total. The number of hydrogen-bond donors (Lipinski definition) is 1. The summed E-state index contributed by atoms with van der Waals surface area (Å²) in [6.07, 6.45) is 1.88. The molecule has 0 unspecified atom stereocenters. The SMILES string of the molecule is Cn1cccc1CNc1cc([N+](=O)[O-])ccc1F. The first kappa shape index (κ1) is 12.1. The van der Waals surface area contributed by atoms with E-state index in [1.165, 1.54) is 6.07 Å². The van der Waals surface area contributed by atoms with Crippen molar-refractivity contribution in [3.05, 3.63) is 58.2 Å². The van der Waals surface area contributed by atoms with E-state index >= 15 is 0 Å². The molecular formula is C12H12FN3O2. The maximum absolute atomic E-state index is 13.5. The number of aromatic nitrogens is 1. The molecule has 2 aromatic rings. The van der Waals surface area contributed by atoms with Gasteiger partial charge in [-0.05, 0) is 18.2 Å². The number of anilines is 1. The monoisotopic (exact) mass is 249 g/mol. The lowest BCUT2D eigenvalue weighted by Crippen LogP contribution is -2.05. The van der Waals surface area contributed by atoms with E-state index in [9.17, 15) is 14.5 Å². The summed E-state index contributed by atoms with van der Waals surface area (Å²) in [5.41, 5.74) is 0.956. The topological polar surface area (TPSA) is 60.1 Å². The highest BCUT2D eigenvalue weighted by Crippen LogP contribution is 2.21. The normalized spacial score (nSPS) is 10.3. The second-order valence-electron chi connectivity index (χ2n) is 3.89. The second kappa shape index (κ2) is 4.87. The Hall–Kier alpha value is -2.37. The quantitative estimate of drug-likeness (QED) is 0.669. The van der Waals surface area contributed by atoms with Crippen molar-refractivity contribution in [1.82, 2.24) is 4.57 Å². The number of nitro groups is 1. The summed E-state index contributed by atoms with van der Waals surface area (Å²) in [4.78, 5) is 10.1. The van der Waals surface area contributed by atoms with E-state index in [4.69, 9.17) is 0 Å². The Bertz CT molecular complexity index is 580. The minimum atomic E-state index is -0.548. The Morgan fingerprint density at radius 1 is 1.44 bits per heavy atom. The second-order valence-corrected chi connectivity index (χ2v) is 3.89. The molecule has 0 fully saturated rings. The van der Waals surface area contributed by atoms with Crippen LogP contribution in [0, 0.1) is 15.9 Å². The lowest BCUT2D eigenvalue weighted by atomic mass is 10.2. The van der Waals surface area contributed by atoms with Crippen LogP contribution in [0.2, 0.25) is 0 Å². The number of rotatable bonds is 4. The Balaban J connectivity index is 2.16. The van der Waals surface area contributed by atoms with Crippen LogP contribution >= 0.6 is 0 Å².